The summed E-state index contributed by atoms with van der Waals surface area (Å²) in [5.74, 6) is -1.27. The molecular weight excluding hydrogens is 358 g/mol. The van der Waals surface area contributed by atoms with Crippen molar-refractivity contribution in [3.8, 4) is 0 Å². The van der Waals surface area contributed by atoms with E-state index in [9.17, 15) is 8.78 Å². The zero-order valence-electron chi connectivity index (χ0n) is 16.0. The standard InChI is InChI=1S/C22H26F2N4/c1-27-7-9-28(10-8-27)21(15-25)4-2-3-17-11-16(5-6-22(17)26)18-12-19(23)14-20(24)13-18/h2-4,6,11-16,25H,5,7-10,26H2,1H3/b3-2+,21-4+,25-15?. The molecule has 1 aliphatic heterocycles. The van der Waals surface area contributed by atoms with Crippen molar-refractivity contribution in [2.45, 2.75) is 12.3 Å². The highest BCUT2D eigenvalue weighted by molar-refractivity contribution is 5.75. The molecule has 1 saturated heterocycles. The minimum atomic E-state index is -0.575. The smallest absolute Gasteiger partial charge is 0.126 e. The van der Waals surface area contributed by atoms with Crippen LogP contribution >= 0.6 is 0 Å². The zero-order valence-corrected chi connectivity index (χ0v) is 16.0. The molecule has 0 radical (unpaired) electrons. The van der Waals surface area contributed by atoms with Gasteiger partial charge in [-0.05, 0) is 42.8 Å². The first-order valence-corrected chi connectivity index (χ1v) is 9.42. The number of halogens is 2. The van der Waals surface area contributed by atoms with Gasteiger partial charge in [-0.15, -0.1) is 0 Å². The minimum absolute atomic E-state index is 0.124. The van der Waals surface area contributed by atoms with Gasteiger partial charge in [-0.3, -0.25) is 0 Å². The molecule has 1 aromatic rings. The van der Waals surface area contributed by atoms with Gasteiger partial charge in [0.15, 0.2) is 0 Å². The summed E-state index contributed by atoms with van der Waals surface area (Å²) < 4.78 is 27.1. The van der Waals surface area contributed by atoms with Crippen LogP contribution in [-0.2, 0) is 0 Å². The fourth-order valence-corrected chi connectivity index (χ4v) is 3.49. The van der Waals surface area contributed by atoms with Crippen molar-refractivity contribution in [1.82, 2.24) is 9.80 Å². The number of piperazine rings is 1. The molecule has 6 heteroatoms. The molecule has 0 bridgehead atoms. The van der Waals surface area contributed by atoms with Gasteiger partial charge in [0.1, 0.15) is 11.6 Å². The van der Waals surface area contributed by atoms with E-state index in [1.165, 1.54) is 18.3 Å². The van der Waals surface area contributed by atoms with Crippen molar-refractivity contribution in [2.75, 3.05) is 33.2 Å². The summed E-state index contributed by atoms with van der Waals surface area (Å²) in [5.41, 5.74) is 9.02. The first-order valence-electron chi connectivity index (χ1n) is 9.42. The van der Waals surface area contributed by atoms with Crippen LogP contribution in [0.15, 0.2) is 65.5 Å². The molecule has 1 fully saturated rings. The number of nitrogens with zero attached hydrogens (tertiary/aromatic N) is 2. The lowest BCUT2D eigenvalue weighted by molar-refractivity contribution is 0.193. The van der Waals surface area contributed by atoms with Crippen LogP contribution in [0.5, 0.6) is 0 Å². The first-order chi connectivity index (χ1) is 13.5. The molecule has 1 heterocycles. The number of likely N-dealkylation sites (N-methyl/N-ethyl adjacent to an activating group) is 1. The Morgan fingerprint density at radius 1 is 1.14 bits per heavy atom. The Balaban J connectivity index is 1.76. The van der Waals surface area contributed by atoms with Crippen LogP contribution < -0.4 is 5.73 Å². The molecule has 0 amide bonds. The van der Waals surface area contributed by atoms with E-state index in [0.717, 1.165) is 43.5 Å². The average Bonchev–Trinajstić information content (AvgIpc) is 2.67. The van der Waals surface area contributed by atoms with E-state index in [1.54, 1.807) is 0 Å². The van der Waals surface area contributed by atoms with Crippen molar-refractivity contribution in [3.05, 3.63) is 82.7 Å². The minimum Gasteiger partial charge on any atom is -0.399 e. The summed E-state index contributed by atoms with van der Waals surface area (Å²) >= 11 is 0. The van der Waals surface area contributed by atoms with Crippen LogP contribution in [0.2, 0.25) is 0 Å². The zero-order chi connectivity index (χ0) is 20.1. The van der Waals surface area contributed by atoms with Crippen LogP contribution in [0.1, 0.15) is 17.9 Å². The number of nitrogens with one attached hydrogen (secondary N) is 1. The Morgan fingerprint density at radius 3 is 2.46 bits per heavy atom. The van der Waals surface area contributed by atoms with Crippen molar-refractivity contribution in [2.24, 2.45) is 5.73 Å². The largest absolute Gasteiger partial charge is 0.399 e. The Kier molecular flexibility index (Phi) is 6.41. The summed E-state index contributed by atoms with van der Waals surface area (Å²) in [4.78, 5) is 4.45. The van der Waals surface area contributed by atoms with Crippen LogP contribution in [0, 0.1) is 17.0 Å². The summed E-state index contributed by atoms with van der Waals surface area (Å²) in [7, 11) is 2.09. The molecular formula is C22H26F2N4. The van der Waals surface area contributed by atoms with E-state index in [-0.39, 0.29) is 5.92 Å². The topological polar surface area (TPSA) is 56.4 Å². The SMILES string of the molecule is CN1CCN(/C(C=N)=C/C=C/C2=CC(c3cc(F)cc(F)c3)CC=C2N)CC1. The van der Waals surface area contributed by atoms with E-state index in [2.05, 4.69) is 16.8 Å². The predicted molar refractivity (Wildman–Crippen MR) is 109 cm³/mol. The molecule has 1 atom stereocenters. The number of nitrogens with two attached hydrogens (primary N) is 1. The number of hydrogen-bond donors (Lipinski definition) is 2. The molecule has 3 N–H and O–H groups in total. The highest BCUT2D eigenvalue weighted by Gasteiger charge is 2.17. The lowest BCUT2D eigenvalue weighted by Gasteiger charge is -2.34. The van der Waals surface area contributed by atoms with E-state index in [4.69, 9.17) is 11.1 Å². The molecule has 28 heavy (non-hydrogen) atoms. The number of benzene rings is 1. The first kappa shape index (κ1) is 20.0. The molecule has 0 aromatic heterocycles. The van der Waals surface area contributed by atoms with Gasteiger partial charge in [0.2, 0.25) is 0 Å². The second-order valence-corrected chi connectivity index (χ2v) is 7.21. The summed E-state index contributed by atoms with van der Waals surface area (Å²) in [6, 6.07) is 3.60. The summed E-state index contributed by atoms with van der Waals surface area (Å²) in [5, 5.41) is 7.69. The fourth-order valence-electron chi connectivity index (χ4n) is 3.49. The highest BCUT2D eigenvalue weighted by atomic mass is 19.1. The van der Waals surface area contributed by atoms with E-state index < -0.39 is 11.6 Å². The van der Waals surface area contributed by atoms with E-state index >= 15 is 0 Å². The Hall–Kier alpha value is -2.73. The van der Waals surface area contributed by atoms with Crippen molar-refractivity contribution >= 4 is 6.21 Å². The van der Waals surface area contributed by atoms with Crippen LogP contribution in [0.4, 0.5) is 8.78 Å². The summed E-state index contributed by atoms with van der Waals surface area (Å²) in [6.07, 6.45) is 11.4. The maximum absolute atomic E-state index is 13.5. The van der Waals surface area contributed by atoms with Gasteiger partial charge in [0, 0.05) is 50.1 Å². The van der Waals surface area contributed by atoms with E-state index in [1.807, 2.05) is 30.4 Å². The van der Waals surface area contributed by atoms with Crippen LogP contribution in [-0.4, -0.2) is 49.2 Å². The Bertz CT molecular complexity index is 826. The van der Waals surface area contributed by atoms with Gasteiger partial charge >= 0.3 is 0 Å². The van der Waals surface area contributed by atoms with Crippen molar-refractivity contribution in [3.63, 3.8) is 0 Å². The Labute approximate surface area is 164 Å². The van der Waals surface area contributed by atoms with Crippen LogP contribution in [0.25, 0.3) is 0 Å². The molecule has 1 unspecified atom stereocenters. The van der Waals surface area contributed by atoms with Gasteiger partial charge in [-0.2, -0.15) is 0 Å². The van der Waals surface area contributed by atoms with Crippen molar-refractivity contribution < 1.29 is 8.78 Å². The van der Waals surface area contributed by atoms with Gasteiger partial charge < -0.3 is 20.9 Å². The number of rotatable bonds is 5. The highest BCUT2D eigenvalue weighted by Crippen LogP contribution is 2.30. The fraction of sp³-hybridized carbons (Fsp3) is 0.318. The average molecular weight is 384 g/mol. The third kappa shape index (κ3) is 4.95. The Morgan fingerprint density at radius 2 is 1.82 bits per heavy atom. The molecule has 1 aliphatic carbocycles. The quantitative estimate of drug-likeness (QED) is 0.603. The number of hydrogen-bond acceptors (Lipinski definition) is 4. The maximum Gasteiger partial charge on any atom is 0.126 e. The van der Waals surface area contributed by atoms with Crippen LogP contribution in [0.3, 0.4) is 0 Å². The number of allylic oxidation sites excluding steroid dienone is 6. The molecule has 3 rings (SSSR count). The third-order valence-corrected chi connectivity index (χ3v) is 5.18. The van der Waals surface area contributed by atoms with Gasteiger partial charge in [0.25, 0.3) is 0 Å². The lowest BCUT2D eigenvalue weighted by Crippen LogP contribution is -2.44. The third-order valence-electron chi connectivity index (χ3n) is 5.18. The maximum atomic E-state index is 13.5. The molecule has 0 spiro atoms. The van der Waals surface area contributed by atoms with Gasteiger partial charge in [-0.25, -0.2) is 8.78 Å². The van der Waals surface area contributed by atoms with Crippen molar-refractivity contribution in [1.29, 1.82) is 5.41 Å². The van der Waals surface area contributed by atoms with Gasteiger partial charge in [0.05, 0.1) is 5.70 Å². The normalized spacial score (nSPS) is 21.6. The van der Waals surface area contributed by atoms with E-state index in [0.29, 0.717) is 17.7 Å². The van der Waals surface area contributed by atoms with Gasteiger partial charge in [-0.1, -0.05) is 24.3 Å². The molecule has 148 valence electrons. The monoisotopic (exact) mass is 384 g/mol. The lowest BCUT2D eigenvalue weighted by atomic mass is 9.88. The predicted octanol–water partition coefficient (Wildman–Crippen LogP) is 3.56. The molecule has 1 aromatic carbocycles. The molecule has 4 nitrogen and oxygen atoms in total. The molecule has 0 saturated carbocycles. The summed E-state index contributed by atoms with van der Waals surface area (Å²) in [6.45, 7) is 3.73. The second-order valence-electron chi connectivity index (χ2n) is 7.21. The second kappa shape index (κ2) is 8.97. The molecule has 2 aliphatic rings.